The van der Waals surface area contributed by atoms with Gasteiger partial charge in [0.1, 0.15) is 0 Å². The van der Waals surface area contributed by atoms with Gasteiger partial charge in [-0.05, 0) is 7.05 Å². The molecule has 0 saturated carbocycles. The Kier molecular flexibility index (Phi) is 2.41. The van der Waals surface area contributed by atoms with E-state index in [9.17, 15) is 0 Å². The Morgan fingerprint density at radius 3 is 2.81 bits per heavy atom. The van der Waals surface area contributed by atoms with Gasteiger partial charge in [-0.3, -0.25) is 9.47 Å². The summed E-state index contributed by atoms with van der Waals surface area (Å²) in [4.78, 5) is 2.24. The van der Waals surface area contributed by atoms with E-state index in [0.717, 1.165) is 29.1 Å². The van der Waals surface area contributed by atoms with Gasteiger partial charge < -0.3 is 0 Å². The molecule has 16 heavy (non-hydrogen) atoms. The average molecular weight is 232 g/mol. The molecule has 1 aromatic heterocycles. The maximum Gasteiger partial charge on any atom is 0.193 e. The highest BCUT2D eigenvalue weighted by Gasteiger charge is 2.19. The lowest BCUT2D eigenvalue weighted by Gasteiger charge is -2.23. The van der Waals surface area contributed by atoms with Crippen molar-refractivity contribution >= 4 is 11.8 Å². The lowest BCUT2D eigenvalue weighted by molar-refractivity contribution is 0.291. The third-order valence-corrected chi connectivity index (χ3v) is 3.68. The standard InChI is InChI=1S/C11H12N4S/c1-14-7-15-10(9-5-3-2-4-6-9)12-13-11(15)16-8-14/h2-6H,7-8H2,1H3. The molecule has 0 spiro atoms. The van der Waals surface area contributed by atoms with Crippen LogP contribution < -0.4 is 0 Å². The molecule has 4 nitrogen and oxygen atoms in total. The van der Waals surface area contributed by atoms with E-state index in [0.29, 0.717) is 0 Å². The van der Waals surface area contributed by atoms with Gasteiger partial charge >= 0.3 is 0 Å². The molecule has 0 aliphatic carbocycles. The highest BCUT2D eigenvalue weighted by molar-refractivity contribution is 7.99. The Morgan fingerprint density at radius 2 is 2.00 bits per heavy atom. The number of hydrogen-bond donors (Lipinski definition) is 0. The van der Waals surface area contributed by atoms with Gasteiger partial charge in [-0.25, -0.2) is 0 Å². The first kappa shape index (κ1) is 9.86. The van der Waals surface area contributed by atoms with E-state index >= 15 is 0 Å². The fourth-order valence-corrected chi connectivity index (χ4v) is 2.59. The van der Waals surface area contributed by atoms with Gasteiger partial charge in [-0.15, -0.1) is 10.2 Å². The van der Waals surface area contributed by atoms with Crippen LogP contribution >= 0.6 is 11.8 Å². The van der Waals surface area contributed by atoms with Gasteiger partial charge in [0.05, 0.1) is 12.5 Å². The number of hydrogen-bond acceptors (Lipinski definition) is 4. The Hall–Kier alpha value is -1.33. The number of rotatable bonds is 1. The third kappa shape index (κ3) is 1.62. The summed E-state index contributed by atoms with van der Waals surface area (Å²) in [6.07, 6.45) is 0. The molecule has 0 radical (unpaired) electrons. The molecule has 1 aliphatic heterocycles. The van der Waals surface area contributed by atoms with Crippen LogP contribution in [0.15, 0.2) is 35.5 Å². The molecule has 0 amide bonds. The van der Waals surface area contributed by atoms with Gasteiger partial charge in [-0.1, -0.05) is 42.1 Å². The molecular weight excluding hydrogens is 220 g/mol. The minimum absolute atomic E-state index is 0.861. The van der Waals surface area contributed by atoms with Crippen molar-refractivity contribution < 1.29 is 0 Å². The first-order valence-corrected chi connectivity index (χ1v) is 6.13. The quantitative estimate of drug-likeness (QED) is 0.752. The van der Waals surface area contributed by atoms with Gasteiger partial charge in [-0.2, -0.15) is 0 Å². The van der Waals surface area contributed by atoms with Crippen LogP contribution in [0.5, 0.6) is 0 Å². The van der Waals surface area contributed by atoms with Crippen LogP contribution in [0, 0.1) is 0 Å². The molecule has 0 atom stereocenters. The highest BCUT2D eigenvalue weighted by atomic mass is 32.2. The van der Waals surface area contributed by atoms with E-state index in [1.165, 1.54) is 0 Å². The van der Waals surface area contributed by atoms with Crippen molar-refractivity contribution in [3.8, 4) is 11.4 Å². The van der Waals surface area contributed by atoms with Crippen LogP contribution in [-0.2, 0) is 6.67 Å². The third-order valence-electron chi connectivity index (χ3n) is 2.55. The average Bonchev–Trinajstić information content (AvgIpc) is 2.73. The lowest BCUT2D eigenvalue weighted by Crippen LogP contribution is -2.26. The monoisotopic (exact) mass is 232 g/mol. The lowest BCUT2D eigenvalue weighted by atomic mass is 10.2. The van der Waals surface area contributed by atoms with Crippen molar-refractivity contribution in [1.82, 2.24) is 19.7 Å². The summed E-state index contributed by atoms with van der Waals surface area (Å²) in [5.74, 6) is 1.93. The summed E-state index contributed by atoms with van der Waals surface area (Å²) < 4.78 is 2.16. The maximum absolute atomic E-state index is 4.27. The zero-order valence-electron chi connectivity index (χ0n) is 9.00. The smallest absolute Gasteiger partial charge is 0.193 e. The van der Waals surface area contributed by atoms with Crippen molar-refractivity contribution in [3.63, 3.8) is 0 Å². The molecule has 0 bridgehead atoms. The summed E-state index contributed by atoms with van der Waals surface area (Å²) in [6.45, 7) is 0.861. The molecule has 3 rings (SSSR count). The van der Waals surface area contributed by atoms with Crippen molar-refractivity contribution in [2.45, 2.75) is 11.8 Å². The molecule has 2 heterocycles. The van der Waals surface area contributed by atoms with Crippen LogP contribution in [0.25, 0.3) is 11.4 Å². The van der Waals surface area contributed by atoms with Gasteiger partial charge in [0, 0.05) is 5.56 Å². The second-order valence-corrected chi connectivity index (χ2v) is 4.78. The Morgan fingerprint density at radius 1 is 1.19 bits per heavy atom. The SMILES string of the molecule is CN1CSc2nnc(-c3ccccc3)n2C1. The van der Waals surface area contributed by atoms with Crippen LogP contribution in [-0.4, -0.2) is 32.6 Å². The second kappa shape index (κ2) is 3.92. The molecule has 2 aromatic rings. The largest absolute Gasteiger partial charge is 0.288 e. The molecule has 1 aliphatic rings. The van der Waals surface area contributed by atoms with E-state index in [1.54, 1.807) is 11.8 Å². The molecule has 5 heteroatoms. The fourth-order valence-electron chi connectivity index (χ4n) is 1.77. The van der Waals surface area contributed by atoms with Crippen LogP contribution in [0.2, 0.25) is 0 Å². The molecule has 0 unspecified atom stereocenters. The number of nitrogens with zero attached hydrogens (tertiary/aromatic N) is 4. The minimum Gasteiger partial charge on any atom is -0.288 e. The summed E-state index contributed by atoms with van der Waals surface area (Å²) in [7, 11) is 2.10. The Labute approximate surface area is 98.3 Å². The Balaban J connectivity index is 2.07. The topological polar surface area (TPSA) is 34.0 Å². The van der Waals surface area contributed by atoms with Crippen molar-refractivity contribution in [2.75, 3.05) is 12.9 Å². The van der Waals surface area contributed by atoms with Crippen molar-refractivity contribution in [1.29, 1.82) is 0 Å². The van der Waals surface area contributed by atoms with Crippen LogP contribution in [0.3, 0.4) is 0 Å². The van der Waals surface area contributed by atoms with Gasteiger partial charge in [0.2, 0.25) is 0 Å². The number of fused-ring (bicyclic) bond motifs is 1. The summed E-state index contributed by atoms with van der Waals surface area (Å²) >= 11 is 1.73. The fraction of sp³-hybridized carbons (Fsp3) is 0.273. The summed E-state index contributed by atoms with van der Waals surface area (Å²) in [5.41, 5.74) is 1.12. The van der Waals surface area contributed by atoms with E-state index in [4.69, 9.17) is 0 Å². The predicted octanol–water partition coefficient (Wildman–Crippen LogP) is 1.90. The predicted molar refractivity (Wildman–Crippen MR) is 63.9 cm³/mol. The van der Waals surface area contributed by atoms with Gasteiger partial charge in [0.15, 0.2) is 11.0 Å². The van der Waals surface area contributed by atoms with Crippen molar-refractivity contribution in [3.05, 3.63) is 30.3 Å². The number of benzene rings is 1. The second-order valence-electron chi connectivity index (χ2n) is 3.87. The minimum atomic E-state index is 0.861. The molecule has 0 N–H and O–H groups in total. The highest BCUT2D eigenvalue weighted by Crippen LogP contribution is 2.27. The molecule has 0 fully saturated rings. The normalized spacial score (nSPS) is 16.1. The van der Waals surface area contributed by atoms with E-state index in [-0.39, 0.29) is 0 Å². The summed E-state index contributed by atoms with van der Waals surface area (Å²) in [6, 6.07) is 10.2. The Bertz CT molecular complexity index is 494. The molecule has 1 aromatic carbocycles. The zero-order chi connectivity index (χ0) is 11.0. The summed E-state index contributed by atoms with van der Waals surface area (Å²) in [5, 5.41) is 9.50. The van der Waals surface area contributed by atoms with E-state index in [1.807, 2.05) is 18.2 Å². The van der Waals surface area contributed by atoms with Crippen LogP contribution in [0.1, 0.15) is 0 Å². The van der Waals surface area contributed by atoms with Gasteiger partial charge in [0.25, 0.3) is 0 Å². The molecule has 82 valence electrons. The van der Waals surface area contributed by atoms with Crippen molar-refractivity contribution in [2.24, 2.45) is 0 Å². The van der Waals surface area contributed by atoms with Crippen LogP contribution in [0.4, 0.5) is 0 Å². The number of thioether (sulfide) groups is 1. The zero-order valence-corrected chi connectivity index (χ0v) is 9.81. The van der Waals surface area contributed by atoms with E-state index < -0.39 is 0 Å². The van der Waals surface area contributed by atoms with E-state index in [2.05, 4.69) is 38.8 Å². The first-order valence-electron chi connectivity index (χ1n) is 5.14. The number of aromatic nitrogens is 3. The molecular formula is C11H12N4S. The first-order chi connectivity index (χ1) is 7.84. The maximum atomic E-state index is 4.27. The molecule has 0 saturated heterocycles.